The molecule has 3 rings (SSSR count). The number of carbonyl (C=O) groups excluding carboxylic acids is 5. The third kappa shape index (κ3) is 4.17. The molecule has 8 nitrogen and oxygen atoms in total. The molecule has 2 aliphatic rings. The zero-order valence-corrected chi connectivity index (χ0v) is 17.1. The van der Waals surface area contributed by atoms with Gasteiger partial charge in [0.1, 0.15) is 6.04 Å². The van der Waals surface area contributed by atoms with E-state index in [1.54, 1.807) is 18.2 Å². The number of ether oxygens (including phenoxy) is 1. The maximum atomic E-state index is 12.6. The van der Waals surface area contributed by atoms with Gasteiger partial charge in [-0.15, -0.1) is 0 Å². The quantitative estimate of drug-likeness (QED) is 0.332. The number of hydrogen-bond donors (Lipinski definition) is 1. The molecule has 8 heteroatoms. The molecular weight excluding hydrogens is 388 g/mol. The lowest BCUT2D eigenvalue weighted by Crippen LogP contribution is -2.46. The minimum atomic E-state index is -1.15. The van der Waals surface area contributed by atoms with Crippen molar-refractivity contribution >= 4 is 35.2 Å². The summed E-state index contributed by atoms with van der Waals surface area (Å²) in [6, 6.07) is 5.27. The molecule has 0 aromatic heterocycles. The zero-order chi connectivity index (χ0) is 22.0. The van der Waals surface area contributed by atoms with Crippen LogP contribution >= 0.6 is 0 Å². The molecule has 1 heterocycles. The molecule has 1 saturated heterocycles. The Hall–Kier alpha value is -3.29. The number of imide groups is 1. The second-order valence-corrected chi connectivity index (χ2v) is 7.58. The van der Waals surface area contributed by atoms with Crippen molar-refractivity contribution in [1.29, 1.82) is 0 Å². The Labute approximate surface area is 174 Å². The van der Waals surface area contributed by atoms with Crippen molar-refractivity contribution in [3.8, 4) is 0 Å². The normalized spacial score (nSPS) is 22.3. The Morgan fingerprint density at radius 3 is 2.23 bits per heavy atom. The smallest absolute Gasteiger partial charge is 0.329 e. The summed E-state index contributed by atoms with van der Waals surface area (Å²) in [5.74, 6) is -3.19. The van der Waals surface area contributed by atoms with Crippen molar-refractivity contribution in [1.82, 2.24) is 4.90 Å². The minimum Gasteiger partial charge on any atom is -0.451 e. The number of benzene rings is 1. The predicted molar refractivity (Wildman–Crippen MR) is 107 cm³/mol. The third-order valence-electron chi connectivity index (χ3n) is 5.47. The van der Waals surface area contributed by atoms with Crippen molar-refractivity contribution in [3.63, 3.8) is 0 Å². The standard InChI is InChI=1S/C22H24N2O6/c1-12(24-20(27)17-9-4-5-10-18(17)21(24)28)22(29)30-14(3)19(26)23-16-8-6-7-15(11-16)13(2)25/h4-8,11-12,14,17-18H,9-10H2,1-3H3,(H,23,26)/t12-,14+,17-,18-/m0/s1. The van der Waals surface area contributed by atoms with Crippen LogP contribution in [0.15, 0.2) is 36.4 Å². The topological polar surface area (TPSA) is 110 Å². The minimum absolute atomic E-state index is 0.143. The molecule has 1 aliphatic carbocycles. The SMILES string of the molecule is CC(=O)c1cccc(NC(=O)[C@@H](C)OC(=O)[C@H](C)N2C(=O)[C@H]3CC=CC[C@@H]3C2=O)c1. The lowest BCUT2D eigenvalue weighted by molar-refractivity contribution is -0.163. The second kappa shape index (κ2) is 8.61. The number of nitrogens with zero attached hydrogens (tertiary/aromatic N) is 1. The molecule has 0 bridgehead atoms. The molecule has 0 unspecified atom stereocenters. The van der Waals surface area contributed by atoms with Gasteiger partial charge < -0.3 is 10.1 Å². The number of ketones is 1. The van der Waals surface area contributed by atoms with Gasteiger partial charge in [0.05, 0.1) is 11.8 Å². The number of Topliss-reactive ketones (excluding diaryl/α,β-unsaturated/α-hetero) is 1. The van der Waals surface area contributed by atoms with E-state index in [-0.39, 0.29) is 17.6 Å². The van der Waals surface area contributed by atoms with E-state index in [4.69, 9.17) is 4.74 Å². The van der Waals surface area contributed by atoms with Crippen LogP contribution in [0.2, 0.25) is 0 Å². The summed E-state index contributed by atoms with van der Waals surface area (Å²) in [5.41, 5.74) is 0.832. The summed E-state index contributed by atoms with van der Waals surface area (Å²) in [4.78, 5) is 62.5. The average Bonchev–Trinajstić information content (AvgIpc) is 2.98. The van der Waals surface area contributed by atoms with Crippen LogP contribution in [-0.4, -0.2) is 46.5 Å². The number of rotatable bonds is 6. The molecular formula is C22H24N2O6. The Balaban J connectivity index is 1.61. The molecule has 30 heavy (non-hydrogen) atoms. The van der Waals surface area contributed by atoms with Crippen LogP contribution < -0.4 is 5.32 Å². The summed E-state index contributed by atoms with van der Waals surface area (Å²) in [6.07, 6.45) is 3.54. The van der Waals surface area contributed by atoms with E-state index in [0.29, 0.717) is 24.1 Å². The van der Waals surface area contributed by atoms with E-state index >= 15 is 0 Å². The summed E-state index contributed by atoms with van der Waals surface area (Å²) >= 11 is 0. The van der Waals surface area contributed by atoms with Gasteiger partial charge in [0.15, 0.2) is 11.9 Å². The van der Waals surface area contributed by atoms with Crippen molar-refractivity contribution in [2.45, 2.75) is 45.8 Å². The van der Waals surface area contributed by atoms with Crippen molar-refractivity contribution in [2.24, 2.45) is 11.8 Å². The molecule has 4 atom stereocenters. The van der Waals surface area contributed by atoms with E-state index in [1.807, 2.05) is 12.2 Å². The molecule has 0 radical (unpaired) electrons. The summed E-state index contributed by atoms with van der Waals surface area (Å²) < 4.78 is 5.21. The van der Waals surface area contributed by atoms with Crippen molar-refractivity contribution < 1.29 is 28.7 Å². The molecule has 158 valence electrons. The van der Waals surface area contributed by atoms with Crippen molar-refractivity contribution in [3.05, 3.63) is 42.0 Å². The monoisotopic (exact) mass is 412 g/mol. The Bertz CT molecular complexity index is 911. The fourth-order valence-electron chi connectivity index (χ4n) is 3.70. The number of fused-ring (bicyclic) bond motifs is 1. The highest BCUT2D eigenvalue weighted by Gasteiger charge is 2.50. The number of nitrogens with one attached hydrogen (secondary N) is 1. The second-order valence-electron chi connectivity index (χ2n) is 7.58. The van der Waals surface area contributed by atoms with Crippen LogP contribution in [0.25, 0.3) is 0 Å². The number of carbonyl (C=O) groups is 5. The molecule has 0 saturated carbocycles. The van der Waals surface area contributed by atoms with E-state index in [9.17, 15) is 24.0 Å². The maximum Gasteiger partial charge on any atom is 0.329 e. The van der Waals surface area contributed by atoms with Gasteiger partial charge in [0.25, 0.3) is 5.91 Å². The molecule has 1 fully saturated rings. The highest BCUT2D eigenvalue weighted by atomic mass is 16.5. The Kier molecular flexibility index (Phi) is 6.14. The maximum absolute atomic E-state index is 12.6. The van der Waals surface area contributed by atoms with Gasteiger partial charge >= 0.3 is 5.97 Å². The molecule has 0 spiro atoms. The van der Waals surface area contributed by atoms with Crippen LogP contribution in [0.3, 0.4) is 0 Å². The summed E-state index contributed by atoms with van der Waals surface area (Å²) in [7, 11) is 0. The zero-order valence-electron chi connectivity index (χ0n) is 17.1. The van der Waals surface area contributed by atoms with E-state index in [1.165, 1.54) is 26.8 Å². The third-order valence-corrected chi connectivity index (χ3v) is 5.47. The van der Waals surface area contributed by atoms with E-state index < -0.39 is 35.9 Å². The van der Waals surface area contributed by atoms with Gasteiger partial charge in [-0.25, -0.2) is 4.79 Å². The first-order valence-corrected chi connectivity index (χ1v) is 9.85. The number of hydrogen-bond acceptors (Lipinski definition) is 6. The van der Waals surface area contributed by atoms with Gasteiger partial charge in [-0.2, -0.15) is 0 Å². The number of allylic oxidation sites excluding steroid dienone is 2. The van der Waals surface area contributed by atoms with Crippen LogP contribution in [0, 0.1) is 11.8 Å². The number of likely N-dealkylation sites (tertiary alicyclic amines) is 1. The van der Waals surface area contributed by atoms with Crippen LogP contribution in [0.5, 0.6) is 0 Å². The molecule has 1 aliphatic heterocycles. The largest absolute Gasteiger partial charge is 0.451 e. The highest BCUT2D eigenvalue weighted by Crippen LogP contribution is 2.36. The van der Waals surface area contributed by atoms with Crippen LogP contribution in [0.4, 0.5) is 5.69 Å². The lowest BCUT2D eigenvalue weighted by atomic mass is 9.85. The summed E-state index contributed by atoms with van der Waals surface area (Å²) in [6.45, 7) is 4.23. The highest BCUT2D eigenvalue weighted by molar-refractivity contribution is 6.08. The fraction of sp³-hybridized carbons (Fsp3) is 0.409. The molecule has 3 amide bonds. The fourth-order valence-corrected chi connectivity index (χ4v) is 3.70. The van der Waals surface area contributed by atoms with Gasteiger partial charge in [-0.1, -0.05) is 24.3 Å². The predicted octanol–water partition coefficient (Wildman–Crippen LogP) is 2.10. The van der Waals surface area contributed by atoms with Crippen molar-refractivity contribution in [2.75, 3.05) is 5.32 Å². The van der Waals surface area contributed by atoms with Crippen LogP contribution in [0.1, 0.15) is 44.0 Å². The van der Waals surface area contributed by atoms with E-state index in [2.05, 4.69) is 5.32 Å². The van der Waals surface area contributed by atoms with Gasteiger partial charge in [0.2, 0.25) is 11.8 Å². The number of anilines is 1. The van der Waals surface area contributed by atoms with Gasteiger partial charge in [-0.05, 0) is 45.7 Å². The number of amides is 3. The Morgan fingerprint density at radius 1 is 1.07 bits per heavy atom. The summed E-state index contributed by atoms with van der Waals surface area (Å²) in [5, 5.41) is 2.58. The first kappa shape index (κ1) is 21.4. The Morgan fingerprint density at radius 2 is 1.67 bits per heavy atom. The first-order chi connectivity index (χ1) is 14.2. The van der Waals surface area contributed by atoms with Crippen LogP contribution in [-0.2, 0) is 23.9 Å². The van der Waals surface area contributed by atoms with Gasteiger partial charge in [0, 0.05) is 11.3 Å². The van der Waals surface area contributed by atoms with Gasteiger partial charge in [-0.3, -0.25) is 24.1 Å². The molecule has 1 aromatic carbocycles. The average molecular weight is 412 g/mol. The number of esters is 1. The van der Waals surface area contributed by atoms with E-state index in [0.717, 1.165) is 4.90 Å². The lowest BCUT2D eigenvalue weighted by Gasteiger charge is -2.23. The molecule has 1 N–H and O–H groups in total. The molecule has 1 aromatic rings. The first-order valence-electron chi connectivity index (χ1n) is 9.85.